The number of carbonyl (C=O) groups excluding carboxylic acids is 1. The third-order valence-electron chi connectivity index (χ3n) is 3.57. The number of amides is 1. The van der Waals surface area contributed by atoms with E-state index in [-0.39, 0.29) is 12.5 Å². The zero-order valence-electron chi connectivity index (χ0n) is 10.4. The Bertz CT molecular complexity index is 575. The lowest BCUT2D eigenvalue weighted by molar-refractivity contribution is 0.0197. The first-order valence-electron chi connectivity index (χ1n) is 6.29. The van der Waals surface area contributed by atoms with E-state index in [1.165, 1.54) is 17.4 Å². The summed E-state index contributed by atoms with van der Waals surface area (Å²) < 4.78 is 4.87. The Labute approximate surface area is 115 Å². The normalized spacial score (nSPS) is 21.9. The minimum atomic E-state index is -0.938. The predicted octanol–water partition coefficient (Wildman–Crippen LogP) is 2.29. The Hall–Kier alpha value is -1.59. The lowest BCUT2D eigenvalue weighted by Gasteiger charge is -2.32. The van der Waals surface area contributed by atoms with Crippen LogP contribution in [0.5, 0.6) is 0 Å². The Morgan fingerprint density at radius 1 is 1.53 bits per heavy atom. The van der Waals surface area contributed by atoms with Gasteiger partial charge in [0.1, 0.15) is 11.9 Å². The second-order valence-electron chi connectivity index (χ2n) is 4.84. The van der Waals surface area contributed by atoms with Crippen LogP contribution >= 0.6 is 11.3 Å². The highest BCUT2D eigenvalue weighted by Gasteiger charge is 2.35. The van der Waals surface area contributed by atoms with Crippen LogP contribution in [0.4, 0.5) is 0 Å². The van der Waals surface area contributed by atoms with E-state index in [2.05, 4.69) is 5.32 Å². The minimum absolute atomic E-state index is 0.218. The first kappa shape index (κ1) is 12.4. The summed E-state index contributed by atoms with van der Waals surface area (Å²) in [6.07, 6.45) is 5.51. The molecule has 0 saturated heterocycles. The van der Waals surface area contributed by atoms with E-state index in [4.69, 9.17) is 4.42 Å². The molecule has 1 aliphatic carbocycles. The number of furan rings is 1. The quantitative estimate of drug-likeness (QED) is 0.905. The lowest BCUT2D eigenvalue weighted by Crippen LogP contribution is -2.42. The second-order valence-corrected chi connectivity index (χ2v) is 5.84. The van der Waals surface area contributed by atoms with Crippen LogP contribution in [-0.4, -0.2) is 17.6 Å². The molecule has 1 amide bonds. The van der Waals surface area contributed by atoms with Gasteiger partial charge in [-0.1, -0.05) is 0 Å². The third kappa shape index (κ3) is 2.31. The summed E-state index contributed by atoms with van der Waals surface area (Å²) in [7, 11) is 0. The van der Waals surface area contributed by atoms with Gasteiger partial charge in [-0.2, -0.15) is 0 Å². The molecule has 4 nitrogen and oxygen atoms in total. The Balaban J connectivity index is 1.72. The number of aryl methyl sites for hydroxylation is 1. The molecule has 5 heteroatoms. The molecule has 0 saturated carbocycles. The van der Waals surface area contributed by atoms with Crippen LogP contribution in [0.1, 0.15) is 33.6 Å². The second kappa shape index (κ2) is 4.83. The van der Waals surface area contributed by atoms with Crippen LogP contribution < -0.4 is 5.32 Å². The van der Waals surface area contributed by atoms with Crippen LogP contribution in [0.15, 0.2) is 34.5 Å². The van der Waals surface area contributed by atoms with Crippen LogP contribution in [-0.2, 0) is 12.0 Å². The van der Waals surface area contributed by atoms with E-state index >= 15 is 0 Å². The maximum absolute atomic E-state index is 11.9. The van der Waals surface area contributed by atoms with Gasteiger partial charge in [-0.25, -0.2) is 0 Å². The van der Waals surface area contributed by atoms with Crippen molar-refractivity contribution >= 4 is 17.2 Å². The van der Waals surface area contributed by atoms with E-state index in [0.29, 0.717) is 12.0 Å². The van der Waals surface area contributed by atoms with Gasteiger partial charge in [0.25, 0.3) is 5.91 Å². The molecule has 1 unspecified atom stereocenters. The summed E-state index contributed by atoms with van der Waals surface area (Å²) in [5.74, 6) is -0.218. The molecular formula is C14H15NO3S. The highest BCUT2D eigenvalue weighted by atomic mass is 32.1. The molecule has 0 spiro atoms. The average molecular weight is 277 g/mol. The number of aliphatic hydroxyl groups is 1. The number of nitrogens with one attached hydrogen (secondary N) is 1. The molecule has 100 valence electrons. The predicted molar refractivity (Wildman–Crippen MR) is 72.2 cm³/mol. The molecule has 19 heavy (non-hydrogen) atoms. The number of fused-ring (bicyclic) bond motifs is 1. The van der Waals surface area contributed by atoms with Gasteiger partial charge in [-0.05, 0) is 42.3 Å². The molecule has 2 aromatic rings. The summed E-state index contributed by atoms with van der Waals surface area (Å²) in [6.45, 7) is 0.237. The maximum Gasteiger partial charge on any atom is 0.254 e. The van der Waals surface area contributed by atoms with Crippen molar-refractivity contribution in [2.75, 3.05) is 6.54 Å². The van der Waals surface area contributed by atoms with Gasteiger partial charge >= 0.3 is 0 Å². The number of hydrogen-bond acceptors (Lipinski definition) is 4. The van der Waals surface area contributed by atoms with Crippen LogP contribution in [0, 0.1) is 0 Å². The summed E-state index contributed by atoms with van der Waals surface area (Å²) >= 11 is 1.67. The fourth-order valence-corrected chi connectivity index (χ4v) is 3.55. The first-order valence-corrected chi connectivity index (χ1v) is 7.17. The van der Waals surface area contributed by atoms with E-state index < -0.39 is 5.60 Å². The fraction of sp³-hybridized carbons (Fsp3) is 0.357. The Kier molecular flexibility index (Phi) is 3.16. The van der Waals surface area contributed by atoms with E-state index in [1.54, 1.807) is 17.4 Å². The molecular weight excluding hydrogens is 262 g/mol. The maximum atomic E-state index is 11.9. The van der Waals surface area contributed by atoms with Crippen molar-refractivity contribution in [3.8, 4) is 0 Å². The van der Waals surface area contributed by atoms with Crippen molar-refractivity contribution in [1.82, 2.24) is 5.32 Å². The molecule has 2 N–H and O–H groups in total. The SMILES string of the molecule is O=C(NCC1(O)CCCc2sccc21)c1ccoc1. The molecule has 0 bridgehead atoms. The molecule has 0 fully saturated rings. The molecule has 0 aromatic carbocycles. The summed E-state index contributed by atoms with van der Waals surface area (Å²) in [6, 6.07) is 3.57. The average Bonchev–Trinajstić information content (AvgIpc) is 3.07. The summed E-state index contributed by atoms with van der Waals surface area (Å²) in [4.78, 5) is 13.1. The molecule has 2 heterocycles. The first-order chi connectivity index (χ1) is 9.19. The molecule has 1 aliphatic rings. The lowest BCUT2D eigenvalue weighted by atomic mass is 9.83. The van der Waals surface area contributed by atoms with Gasteiger partial charge in [-0.15, -0.1) is 11.3 Å². The third-order valence-corrected chi connectivity index (χ3v) is 4.55. The van der Waals surface area contributed by atoms with Crippen LogP contribution in [0.25, 0.3) is 0 Å². The van der Waals surface area contributed by atoms with E-state index in [1.807, 2.05) is 11.4 Å². The Morgan fingerprint density at radius 2 is 2.42 bits per heavy atom. The van der Waals surface area contributed by atoms with Crippen molar-refractivity contribution < 1.29 is 14.3 Å². The fourth-order valence-electron chi connectivity index (χ4n) is 2.53. The van der Waals surface area contributed by atoms with Crippen LogP contribution in [0.2, 0.25) is 0 Å². The monoisotopic (exact) mass is 277 g/mol. The highest BCUT2D eigenvalue weighted by molar-refractivity contribution is 7.10. The molecule has 0 radical (unpaired) electrons. The molecule has 1 atom stereocenters. The van der Waals surface area contributed by atoms with Gasteiger partial charge in [0, 0.05) is 4.88 Å². The molecule has 2 aromatic heterocycles. The van der Waals surface area contributed by atoms with Crippen molar-refractivity contribution in [1.29, 1.82) is 0 Å². The van der Waals surface area contributed by atoms with Gasteiger partial charge in [0.2, 0.25) is 0 Å². The number of rotatable bonds is 3. The number of carbonyl (C=O) groups is 1. The van der Waals surface area contributed by atoms with E-state index in [9.17, 15) is 9.90 Å². The van der Waals surface area contributed by atoms with E-state index in [0.717, 1.165) is 18.4 Å². The van der Waals surface area contributed by atoms with Crippen molar-refractivity contribution in [2.45, 2.75) is 24.9 Å². The number of thiophene rings is 1. The van der Waals surface area contributed by atoms with Crippen molar-refractivity contribution in [3.63, 3.8) is 0 Å². The Morgan fingerprint density at radius 3 is 3.21 bits per heavy atom. The zero-order valence-corrected chi connectivity index (χ0v) is 11.2. The molecule has 3 rings (SSSR count). The minimum Gasteiger partial charge on any atom is -0.472 e. The van der Waals surface area contributed by atoms with Crippen molar-refractivity contribution in [3.05, 3.63) is 46.0 Å². The zero-order chi connectivity index (χ0) is 13.3. The topological polar surface area (TPSA) is 62.5 Å². The van der Waals surface area contributed by atoms with Crippen LogP contribution in [0.3, 0.4) is 0 Å². The van der Waals surface area contributed by atoms with Crippen molar-refractivity contribution in [2.24, 2.45) is 0 Å². The standard InChI is InChI=1S/C14H15NO3S/c16-13(10-3-6-18-8-10)15-9-14(17)5-1-2-12-11(14)4-7-19-12/h3-4,6-8,17H,1-2,5,9H2,(H,15,16). The smallest absolute Gasteiger partial charge is 0.254 e. The summed E-state index contributed by atoms with van der Waals surface area (Å²) in [5, 5.41) is 15.5. The summed E-state index contributed by atoms with van der Waals surface area (Å²) in [5.41, 5.74) is 0.508. The largest absolute Gasteiger partial charge is 0.472 e. The van der Waals surface area contributed by atoms with Gasteiger partial charge < -0.3 is 14.8 Å². The van der Waals surface area contributed by atoms with Gasteiger partial charge in [0.15, 0.2) is 0 Å². The highest BCUT2D eigenvalue weighted by Crippen LogP contribution is 2.37. The number of hydrogen-bond donors (Lipinski definition) is 2. The van der Waals surface area contributed by atoms with Gasteiger partial charge in [0.05, 0.1) is 18.4 Å². The van der Waals surface area contributed by atoms with Gasteiger partial charge in [-0.3, -0.25) is 4.79 Å². The molecule has 0 aliphatic heterocycles.